The van der Waals surface area contributed by atoms with Crippen molar-refractivity contribution in [3.63, 3.8) is 0 Å². The third kappa shape index (κ3) is 3.80. The fourth-order valence-corrected chi connectivity index (χ4v) is 9.99. The van der Waals surface area contributed by atoms with Gasteiger partial charge in [-0.25, -0.2) is 0 Å². The van der Waals surface area contributed by atoms with Gasteiger partial charge in [0.15, 0.2) is 0 Å². The number of benzene rings is 1. The van der Waals surface area contributed by atoms with Crippen LogP contribution in [0.1, 0.15) is 81.8 Å². The monoisotopic (exact) mass is 494 g/mol. The fraction of sp³-hybridized carbons (Fsp3) is 0.607. The lowest BCUT2D eigenvalue weighted by molar-refractivity contribution is -0.189. The average Bonchev–Trinajstić information content (AvgIpc) is 3.09. The molecule has 2 N–H and O–H groups in total. The van der Waals surface area contributed by atoms with Crippen LogP contribution in [-0.4, -0.2) is 33.0 Å². The standard InChI is InChI=1S/C28H35ClN4O2/c1-25-12-26(2)14-27(3,13-25)17-28(15-25,16-26)10-21(34)32-7-8-33-20(11-32)22(24(30)35)23(31-33)18-5-4-6-19(29)9-18/h4-6,9H,7-8,10-17H2,1-3H3,(H2,30,35). The van der Waals surface area contributed by atoms with Crippen LogP contribution in [0.5, 0.6) is 0 Å². The number of nitrogens with two attached hydrogens (primary N) is 1. The van der Waals surface area contributed by atoms with Gasteiger partial charge in [-0.3, -0.25) is 14.3 Å². The van der Waals surface area contributed by atoms with Crippen LogP contribution in [0.3, 0.4) is 0 Å². The van der Waals surface area contributed by atoms with Crippen LogP contribution in [0, 0.1) is 21.7 Å². The molecule has 7 rings (SSSR count). The number of nitrogens with zero attached hydrogens (tertiary/aromatic N) is 3. The highest BCUT2D eigenvalue weighted by Crippen LogP contribution is 2.74. The number of fused-ring (bicyclic) bond motifs is 1. The Balaban J connectivity index is 1.27. The summed E-state index contributed by atoms with van der Waals surface area (Å²) in [6, 6.07) is 7.30. The first-order valence-corrected chi connectivity index (χ1v) is 13.2. The Kier molecular flexibility index (Phi) is 4.84. The minimum Gasteiger partial charge on any atom is -0.365 e. The SMILES string of the molecule is CC12CC3(C)CC(C)(C1)CC(CC(=O)N1CCn4nc(-c5cccc(Cl)c5)c(C(N)=O)c4C1)(C2)C3. The first-order valence-electron chi connectivity index (χ1n) is 12.8. The molecule has 4 fully saturated rings. The van der Waals surface area contributed by atoms with Crippen LogP contribution in [0.4, 0.5) is 0 Å². The van der Waals surface area contributed by atoms with E-state index in [0.717, 1.165) is 30.5 Å². The van der Waals surface area contributed by atoms with E-state index in [1.165, 1.54) is 19.3 Å². The Hall–Kier alpha value is -2.34. The summed E-state index contributed by atoms with van der Waals surface area (Å²) >= 11 is 6.19. The van der Waals surface area contributed by atoms with Gasteiger partial charge in [0.1, 0.15) is 5.69 Å². The Labute approximate surface area is 212 Å². The zero-order valence-electron chi connectivity index (χ0n) is 21.0. The van der Waals surface area contributed by atoms with Crippen molar-refractivity contribution in [1.82, 2.24) is 14.7 Å². The van der Waals surface area contributed by atoms with Crippen molar-refractivity contribution in [2.24, 2.45) is 27.4 Å². The molecule has 1 aromatic heterocycles. The molecule has 186 valence electrons. The maximum atomic E-state index is 13.8. The quantitative estimate of drug-likeness (QED) is 0.616. The largest absolute Gasteiger partial charge is 0.365 e. The average molecular weight is 495 g/mol. The van der Waals surface area contributed by atoms with Gasteiger partial charge >= 0.3 is 0 Å². The zero-order valence-corrected chi connectivity index (χ0v) is 21.7. The van der Waals surface area contributed by atoms with E-state index in [1.807, 2.05) is 21.7 Å². The minimum atomic E-state index is -0.523. The maximum absolute atomic E-state index is 13.8. The van der Waals surface area contributed by atoms with E-state index < -0.39 is 5.91 Å². The van der Waals surface area contributed by atoms with E-state index in [4.69, 9.17) is 22.4 Å². The third-order valence-electron chi connectivity index (χ3n) is 9.17. The molecule has 4 aliphatic carbocycles. The van der Waals surface area contributed by atoms with Crippen LogP contribution < -0.4 is 5.73 Å². The highest BCUT2D eigenvalue weighted by Gasteiger charge is 2.64. The van der Waals surface area contributed by atoms with Gasteiger partial charge in [0, 0.05) is 23.6 Å². The second kappa shape index (κ2) is 7.34. The fourth-order valence-electron chi connectivity index (χ4n) is 9.80. The van der Waals surface area contributed by atoms with Gasteiger partial charge < -0.3 is 10.6 Å². The summed E-state index contributed by atoms with van der Waals surface area (Å²) in [6.45, 7) is 8.89. The number of hydrogen-bond acceptors (Lipinski definition) is 3. The Morgan fingerprint density at radius 3 is 2.20 bits per heavy atom. The van der Waals surface area contributed by atoms with Crippen LogP contribution in [0.15, 0.2) is 24.3 Å². The molecule has 7 heteroatoms. The molecule has 0 unspecified atom stereocenters. The van der Waals surface area contributed by atoms with Crippen molar-refractivity contribution in [3.05, 3.63) is 40.5 Å². The lowest BCUT2D eigenvalue weighted by Gasteiger charge is -2.69. The number of hydrogen-bond donors (Lipinski definition) is 1. The molecular weight excluding hydrogens is 460 g/mol. The molecule has 0 radical (unpaired) electrons. The van der Waals surface area contributed by atoms with Gasteiger partial charge in [0.2, 0.25) is 5.91 Å². The molecule has 5 aliphatic rings. The molecule has 2 amide bonds. The maximum Gasteiger partial charge on any atom is 0.252 e. The predicted molar refractivity (Wildman–Crippen MR) is 136 cm³/mol. The van der Waals surface area contributed by atoms with Crippen molar-refractivity contribution < 1.29 is 9.59 Å². The Bertz CT molecular complexity index is 1200. The van der Waals surface area contributed by atoms with Crippen molar-refractivity contribution in [2.45, 2.75) is 78.8 Å². The normalized spacial score (nSPS) is 35.3. The van der Waals surface area contributed by atoms with Crippen LogP contribution in [0.2, 0.25) is 5.02 Å². The molecule has 6 nitrogen and oxygen atoms in total. The predicted octanol–water partition coefficient (Wildman–Crippen LogP) is 5.42. The van der Waals surface area contributed by atoms with Crippen molar-refractivity contribution in [1.29, 1.82) is 0 Å². The second-order valence-corrected chi connectivity index (χ2v) is 13.7. The first-order chi connectivity index (χ1) is 16.4. The van der Waals surface area contributed by atoms with E-state index in [-0.39, 0.29) is 11.3 Å². The Morgan fingerprint density at radius 2 is 1.63 bits per heavy atom. The van der Waals surface area contributed by atoms with Gasteiger partial charge in [0.25, 0.3) is 5.91 Å². The van der Waals surface area contributed by atoms with Crippen LogP contribution in [0.25, 0.3) is 11.3 Å². The molecular formula is C28H35ClN4O2. The van der Waals surface area contributed by atoms with E-state index >= 15 is 0 Å². The van der Waals surface area contributed by atoms with E-state index in [1.54, 1.807) is 12.1 Å². The summed E-state index contributed by atoms with van der Waals surface area (Å²) in [7, 11) is 0. The summed E-state index contributed by atoms with van der Waals surface area (Å²) in [4.78, 5) is 28.2. The first kappa shape index (κ1) is 23.1. The topological polar surface area (TPSA) is 81.2 Å². The van der Waals surface area contributed by atoms with Gasteiger partial charge in [-0.05, 0) is 72.3 Å². The molecule has 0 atom stereocenters. The van der Waals surface area contributed by atoms with Gasteiger partial charge in [-0.2, -0.15) is 5.10 Å². The number of aromatic nitrogens is 2. The summed E-state index contributed by atoms with van der Waals surface area (Å²) < 4.78 is 1.84. The molecule has 4 saturated carbocycles. The number of carbonyl (C=O) groups excluding carboxylic acids is 2. The van der Waals surface area contributed by atoms with Gasteiger partial charge in [-0.15, -0.1) is 0 Å². The second-order valence-electron chi connectivity index (χ2n) is 13.3. The van der Waals surface area contributed by atoms with Gasteiger partial charge in [0.05, 0.1) is 24.3 Å². The van der Waals surface area contributed by atoms with Gasteiger partial charge in [-0.1, -0.05) is 44.5 Å². The molecule has 2 aromatic rings. The summed E-state index contributed by atoms with van der Waals surface area (Å²) in [5.41, 5.74) is 9.40. The molecule has 35 heavy (non-hydrogen) atoms. The number of carbonyl (C=O) groups is 2. The summed E-state index contributed by atoms with van der Waals surface area (Å²) in [5.74, 6) is -0.319. The number of rotatable bonds is 4. The Morgan fingerprint density at radius 1 is 1.00 bits per heavy atom. The highest BCUT2D eigenvalue weighted by atomic mass is 35.5. The summed E-state index contributed by atoms with van der Waals surface area (Å²) in [6.07, 6.45) is 7.97. The lowest BCUT2D eigenvalue weighted by atomic mass is 9.36. The van der Waals surface area contributed by atoms with Crippen molar-refractivity contribution in [3.8, 4) is 11.3 Å². The molecule has 0 saturated heterocycles. The van der Waals surface area contributed by atoms with Crippen LogP contribution >= 0.6 is 11.6 Å². The lowest BCUT2D eigenvalue weighted by Crippen LogP contribution is -2.59. The summed E-state index contributed by atoms with van der Waals surface area (Å²) in [5, 5.41) is 5.28. The molecule has 2 heterocycles. The number of primary amides is 1. The molecule has 0 spiro atoms. The van der Waals surface area contributed by atoms with Crippen LogP contribution in [-0.2, 0) is 17.9 Å². The number of halogens is 1. The minimum absolute atomic E-state index is 0.0975. The van der Waals surface area contributed by atoms with Crippen molar-refractivity contribution >= 4 is 23.4 Å². The molecule has 1 aliphatic heterocycles. The van der Waals surface area contributed by atoms with E-state index in [0.29, 0.717) is 58.6 Å². The van der Waals surface area contributed by atoms with E-state index in [9.17, 15) is 9.59 Å². The van der Waals surface area contributed by atoms with E-state index in [2.05, 4.69) is 20.8 Å². The third-order valence-corrected chi connectivity index (χ3v) is 9.40. The van der Waals surface area contributed by atoms with Crippen molar-refractivity contribution in [2.75, 3.05) is 6.54 Å². The number of amides is 2. The zero-order chi connectivity index (χ0) is 24.8. The smallest absolute Gasteiger partial charge is 0.252 e. The highest BCUT2D eigenvalue weighted by molar-refractivity contribution is 6.30. The molecule has 4 bridgehead atoms. The molecule has 1 aromatic carbocycles.